The second kappa shape index (κ2) is 12.1. The number of aliphatic imine (C=N–C) groups is 1. The fourth-order valence-corrected chi connectivity index (χ4v) is 3.08. The molecule has 0 bridgehead atoms. The summed E-state index contributed by atoms with van der Waals surface area (Å²) in [7, 11) is 0. The van der Waals surface area contributed by atoms with Crippen LogP contribution >= 0.6 is 0 Å². The van der Waals surface area contributed by atoms with Gasteiger partial charge in [-0.2, -0.15) is 0 Å². The monoisotopic (exact) mass is 354 g/mol. The summed E-state index contributed by atoms with van der Waals surface area (Å²) in [6.07, 6.45) is 4.71. The van der Waals surface area contributed by atoms with Crippen LogP contribution in [0, 0.1) is 5.92 Å². The first-order chi connectivity index (χ1) is 12.3. The van der Waals surface area contributed by atoms with Crippen LogP contribution in [0.3, 0.4) is 0 Å². The molecule has 0 aromatic rings. The van der Waals surface area contributed by atoms with Gasteiger partial charge in [-0.1, -0.05) is 0 Å². The van der Waals surface area contributed by atoms with Gasteiger partial charge in [-0.05, 0) is 32.6 Å². The highest BCUT2D eigenvalue weighted by Gasteiger charge is 2.18. The smallest absolute Gasteiger partial charge is 0.222 e. The van der Waals surface area contributed by atoms with Gasteiger partial charge in [0.05, 0.1) is 13.2 Å². The second-order valence-corrected chi connectivity index (χ2v) is 6.68. The molecular formula is C18H34N4O3. The highest BCUT2D eigenvalue weighted by Crippen LogP contribution is 2.12. The van der Waals surface area contributed by atoms with E-state index in [1.54, 1.807) is 0 Å². The SMILES string of the molecule is CCNC(=NCCCN1CCCC1=O)NCCCOCC1CCOC1. The third-order valence-corrected chi connectivity index (χ3v) is 4.51. The Morgan fingerprint density at radius 3 is 3.04 bits per heavy atom. The van der Waals surface area contributed by atoms with Gasteiger partial charge in [0.15, 0.2) is 5.96 Å². The molecule has 1 unspecified atom stereocenters. The first-order valence-corrected chi connectivity index (χ1v) is 9.75. The number of guanidine groups is 1. The summed E-state index contributed by atoms with van der Waals surface area (Å²) < 4.78 is 11.0. The topological polar surface area (TPSA) is 75.2 Å². The summed E-state index contributed by atoms with van der Waals surface area (Å²) >= 11 is 0. The Kier molecular flexibility index (Phi) is 9.66. The van der Waals surface area contributed by atoms with E-state index in [0.717, 1.165) is 90.8 Å². The molecule has 0 aromatic carbocycles. The predicted octanol–water partition coefficient (Wildman–Crippen LogP) is 0.997. The van der Waals surface area contributed by atoms with Crippen molar-refractivity contribution in [2.75, 3.05) is 59.2 Å². The van der Waals surface area contributed by atoms with Gasteiger partial charge in [0.1, 0.15) is 0 Å². The highest BCUT2D eigenvalue weighted by atomic mass is 16.5. The van der Waals surface area contributed by atoms with E-state index in [2.05, 4.69) is 22.5 Å². The van der Waals surface area contributed by atoms with Crippen molar-refractivity contribution in [1.29, 1.82) is 0 Å². The molecule has 144 valence electrons. The average Bonchev–Trinajstić information content (AvgIpc) is 3.26. The van der Waals surface area contributed by atoms with Gasteiger partial charge in [0, 0.05) is 58.3 Å². The van der Waals surface area contributed by atoms with Gasteiger partial charge in [0.2, 0.25) is 5.91 Å². The summed E-state index contributed by atoms with van der Waals surface area (Å²) in [6.45, 7) is 9.51. The van der Waals surface area contributed by atoms with Crippen molar-refractivity contribution in [3.8, 4) is 0 Å². The lowest BCUT2D eigenvalue weighted by molar-refractivity contribution is -0.127. The lowest BCUT2D eigenvalue weighted by Crippen LogP contribution is -2.38. The molecule has 2 aliphatic heterocycles. The standard InChI is InChI=1S/C18H34N4O3/c1-2-19-18(20-8-4-11-22-10-3-6-17(22)23)21-9-5-12-24-14-16-7-13-25-15-16/h16H,2-15H2,1H3,(H2,19,20,21). The van der Waals surface area contributed by atoms with Gasteiger partial charge < -0.3 is 25.0 Å². The number of carbonyl (C=O) groups is 1. The molecule has 0 saturated carbocycles. The number of rotatable bonds is 11. The van der Waals surface area contributed by atoms with Gasteiger partial charge in [-0.15, -0.1) is 0 Å². The number of hydrogen-bond donors (Lipinski definition) is 2. The Morgan fingerprint density at radius 1 is 1.40 bits per heavy atom. The fourth-order valence-electron chi connectivity index (χ4n) is 3.08. The number of nitrogens with zero attached hydrogens (tertiary/aromatic N) is 2. The van der Waals surface area contributed by atoms with Gasteiger partial charge in [-0.3, -0.25) is 9.79 Å². The molecule has 2 aliphatic rings. The second-order valence-electron chi connectivity index (χ2n) is 6.68. The molecule has 7 nitrogen and oxygen atoms in total. The third kappa shape index (κ3) is 8.05. The van der Waals surface area contributed by atoms with Crippen LogP contribution in [0.15, 0.2) is 4.99 Å². The van der Waals surface area contributed by atoms with Crippen molar-refractivity contribution in [2.45, 2.75) is 39.0 Å². The molecule has 2 N–H and O–H groups in total. The van der Waals surface area contributed by atoms with Crippen LogP contribution in [0.25, 0.3) is 0 Å². The Morgan fingerprint density at radius 2 is 2.32 bits per heavy atom. The first kappa shape index (κ1) is 20.0. The van der Waals surface area contributed by atoms with Crippen molar-refractivity contribution >= 4 is 11.9 Å². The Bertz CT molecular complexity index is 411. The number of hydrogen-bond acceptors (Lipinski definition) is 4. The lowest BCUT2D eigenvalue weighted by Gasteiger charge is -2.15. The number of ether oxygens (including phenoxy) is 2. The molecule has 2 saturated heterocycles. The molecule has 1 amide bonds. The number of amides is 1. The minimum absolute atomic E-state index is 0.290. The van der Waals surface area contributed by atoms with Crippen molar-refractivity contribution in [1.82, 2.24) is 15.5 Å². The largest absolute Gasteiger partial charge is 0.381 e. The molecule has 2 fully saturated rings. The van der Waals surface area contributed by atoms with E-state index in [-0.39, 0.29) is 5.91 Å². The van der Waals surface area contributed by atoms with Gasteiger partial charge in [0.25, 0.3) is 0 Å². The Labute approximate surface area is 151 Å². The predicted molar refractivity (Wildman–Crippen MR) is 98.8 cm³/mol. The molecule has 2 rings (SSSR count). The molecule has 2 heterocycles. The van der Waals surface area contributed by atoms with Crippen LogP contribution in [-0.4, -0.2) is 75.9 Å². The molecule has 25 heavy (non-hydrogen) atoms. The maximum absolute atomic E-state index is 11.6. The Hall–Kier alpha value is -1.34. The maximum atomic E-state index is 11.6. The summed E-state index contributed by atoms with van der Waals surface area (Å²) in [6, 6.07) is 0. The van der Waals surface area contributed by atoms with Crippen LogP contribution < -0.4 is 10.6 Å². The number of nitrogens with one attached hydrogen (secondary N) is 2. The Balaban J connectivity index is 1.51. The lowest BCUT2D eigenvalue weighted by atomic mass is 10.1. The molecule has 0 radical (unpaired) electrons. The zero-order valence-electron chi connectivity index (χ0n) is 15.6. The van der Waals surface area contributed by atoms with E-state index < -0.39 is 0 Å². The first-order valence-electron chi connectivity index (χ1n) is 9.75. The minimum atomic E-state index is 0.290. The van der Waals surface area contributed by atoms with E-state index in [9.17, 15) is 4.79 Å². The van der Waals surface area contributed by atoms with Crippen LogP contribution in [0.4, 0.5) is 0 Å². The van der Waals surface area contributed by atoms with E-state index >= 15 is 0 Å². The van der Waals surface area contributed by atoms with Gasteiger partial charge >= 0.3 is 0 Å². The van der Waals surface area contributed by atoms with Crippen molar-refractivity contribution in [2.24, 2.45) is 10.9 Å². The molecule has 0 aromatic heterocycles. The van der Waals surface area contributed by atoms with E-state index in [1.165, 1.54) is 0 Å². The summed E-state index contributed by atoms with van der Waals surface area (Å²) in [5.41, 5.74) is 0. The van der Waals surface area contributed by atoms with E-state index in [0.29, 0.717) is 12.3 Å². The van der Waals surface area contributed by atoms with Gasteiger partial charge in [-0.25, -0.2) is 0 Å². The van der Waals surface area contributed by atoms with Crippen molar-refractivity contribution in [3.05, 3.63) is 0 Å². The average molecular weight is 354 g/mol. The summed E-state index contributed by atoms with van der Waals surface area (Å²) in [5, 5.41) is 6.60. The zero-order valence-corrected chi connectivity index (χ0v) is 15.6. The highest BCUT2D eigenvalue weighted by molar-refractivity contribution is 5.79. The summed E-state index contributed by atoms with van der Waals surface area (Å²) in [4.78, 5) is 18.1. The normalized spacial score (nSPS) is 21.2. The number of carbonyl (C=O) groups excluding carboxylic acids is 1. The number of likely N-dealkylation sites (tertiary alicyclic amines) is 1. The van der Waals surface area contributed by atoms with Crippen LogP contribution in [0.2, 0.25) is 0 Å². The zero-order chi connectivity index (χ0) is 17.7. The molecule has 1 atom stereocenters. The molecular weight excluding hydrogens is 320 g/mol. The van der Waals surface area contributed by atoms with Crippen LogP contribution in [-0.2, 0) is 14.3 Å². The van der Waals surface area contributed by atoms with E-state index in [1.807, 2.05) is 4.90 Å². The summed E-state index contributed by atoms with van der Waals surface area (Å²) in [5.74, 6) is 1.71. The molecule has 7 heteroatoms. The minimum Gasteiger partial charge on any atom is -0.381 e. The van der Waals surface area contributed by atoms with Crippen molar-refractivity contribution in [3.63, 3.8) is 0 Å². The molecule has 0 aliphatic carbocycles. The van der Waals surface area contributed by atoms with Crippen LogP contribution in [0.1, 0.15) is 39.0 Å². The quantitative estimate of drug-likeness (QED) is 0.329. The third-order valence-electron chi connectivity index (χ3n) is 4.51. The fraction of sp³-hybridized carbons (Fsp3) is 0.889. The van der Waals surface area contributed by atoms with E-state index in [4.69, 9.17) is 9.47 Å². The van der Waals surface area contributed by atoms with Crippen molar-refractivity contribution < 1.29 is 14.3 Å². The molecule has 0 spiro atoms. The maximum Gasteiger partial charge on any atom is 0.222 e. The van der Waals surface area contributed by atoms with Crippen LogP contribution in [0.5, 0.6) is 0 Å².